The molecule has 0 amide bonds. The van der Waals surface area contributed by atoms with Crippen molar-refractivity contribution < 1.29 is 9.53 Å². The highest BCUT2D eigenvalue weighted by atomic mass is 32.1. The highest BCUT2D eigenvalue weighted by Crippen LogP contribution is 2.41. The molecule has 0 N–H and O–H groups in total. The van der Waals surface area contributed by atoms with Crippen molar-refractivity contribution in [1.29, 1.82) is 5.26 Å². The highest BCUT2D eigenvalue weighted by molar-refractivity contribution is 7.18. The fraction of sp³-hybridized carbons (Fsp3) is 0.364. The average molecular weight is 407 g/mol. The number of nitrogens with zero attached hydrogens (tertiary/aromatic N) is 3. The quantitative estimate of drug-likeness (QED) is 0.616. The third kappa shape index (κ3) is 3.45. The number of benzene rings is 1. The molecule has 2 aromatic heterocycles. The van der Waals surface area contributed by atoms with E-state index in [1.807, 2.05) is 19.1 Å². The molecule has 0 saturated heterocycles. The lowest BCUT2D eigenvalue weighted by molar-refractivity contribution is -0.145. The van der Waals surface area contributed by atoms with E-state index in [2.05, 4.69) is 11.1 Å². The lowest BCUT2D eigenvalue weighted by atomic mass is 9.86. The van der Waals surface area contributed by atoms with E-state index in [9.17, 15) is 9.59 Å². The maximum absolute atomic E-state index is 13.5. The SMILES string of the molecule is CCOC(=O)C1CCCc2sc3nc(C)n(Cc4ccc(C#N)cc4)c(=O)c3c21. The van der Waals surface area contributed by atoms with Gasteiger partial charge in [-0.15, -0.1) is 11.3 Å². The van der Waals surface area contributed by atoms with Gasteiger partial charge in [-0.1, -0.05) is 12.1 Å². The molecule has 4 rings (SSSR count). The second-order valence-electron chi connectivity index (χ2n) is 7.17. The van der Waals surface area contributed by atoms with Crippen LogP contribution in [-0.4, -0.2) is 22.1 Å². The summed E-state index contributed by atoms with van der Waals surface area (Å²) in [7, 11) is 0. The molecule has 1 unspecified atom stereocenters. The number of hydrogen-bond donors (Lipinski definition) is 0. The molecular formula is C22H21N3O3S. The summed E-state index contributed by atoms with van der Waals surface area (Å²) in [5, 5.41) is 9.53. The number of thiophene rings is 1. The van der Waals surface area contributed by atoms with E-state index in [-0.39, 0.29) is 11.5 Å². The normalized spacial score (nSPS) is 15.7. The molecular weight excluding hydrogens is 386 g/mol. The molecule has 148 valence electrons. The summed E-state index contributed by atoms with van der Waals surface area (Å²) in [6, 6.07) is 9.27. The second-order valence-corrected chi connectivity index (χ2v) is 8.26. The molecule has 0 saturated carbocycles. The van der Waals surface area contributed by atoms with Gasteiger partial charge in [0.25, 0.3) is 5.56 Å². The van der Waals surface area contributed by atoms with Crippen LogP contribution in [0.25, 0.3) is 10.2 Å². The standard InChI is InChI=1S/C22H21N3O3S/c1-3-28-22(27)16-5-4-6-17-18(16)19-20(29-17)24-13(2)25(21(19)26)12-15-9-7-14(11-23)8-10-15/h7-10,16H,3-6,12H2,1-2H3. The van der Waals surface area contributed by atoms with Crippen molar-refractivity contribution in [2.24, 2.45) is 0 Å². The Hall–Kier alpha value is -2.98. The number of carbonyl (C=O) groups excluding carboxylic acids is 1. The van der Waals surface area contributed by atoms with Gasteiger partial charge in [-0.05, 0) is 56.4 Å². The van der Waals surface area contributed by atoms with Crippen molar-refractivity contribution in [3.05, 3.63) is 62.0 Å². The second kappa shape index (κ2) is 7.80. The van der Waals surface area contributed by atoms with Crippen molar-refractivity contribution in [3.63, 3.8) is 0 Å². The Kier molecular flexibility index (Phi) is 5.20. The summed E-state index contributed by atoms with van der Waals surface area (Å²) in [4.78, 5) is 32.5. The summed E-state index contributed by atoms with van der Waals surface area (Å²) in [6.45, 7) is 4.32. The number of carbonyl (C=O) groups is 1. The van der Waals surface area contributed by atoms with Crippen molar-refractivity contribution in [2.75, 3.05) is 6.61 Å². The van der Waals surface area contributed by atoms with Gasteiger partial charge in [-0.3, -0.25) is 14.2 Å². The number of aryl methyl sites for hydroxylation is 2. The summed E-state index contributed by atoms with van der Waals surface area (Å²) < 4.78 is 6.92. The first kappa shape index (κ1) is 19.3. The summed E-state index contributed by atoms with van der Waals surface area (Å²) in [5.41, 5.74) is 2.20. The van der Waals surface area contributed by atoms with Crippen molar-refractivity contribution in [2.45, 2.75) is 45.6 Å². The van der Waals surface area contributed by atoms with Crippen LogP contribution in [0.1, 0.15) is 53.1 Å². The Labute approximate surface area is 172 Å². The highest BCUT2D eigenvalue weighted by Gasteiger charge is 2.33. The van der Waals surface area contributed by atoms with E-state index < -0.39 is 5.92 Å². The van der Waals surface area contributed by atoms with Crippen LogP contribution < -0.4 is 5.56 Å². The Balaban J connectivity index is 1.83. The number of rotatable bonds is 4. The molecule has 0 radical (unpaired) electrons. The zero-order chi connectivity index (χ0) is 20.5. The van der Waals surface area contributed by atoms with Crippen molar-refractivity contribution in [1.82, 2.24) is 9.55 Å². The molecule has 3 aromatic rings. The smallest absolute Gasteiger partial charge is 0.313 e. The van der Waals surface area contributed by atoms with Crippen LogP contribution >= 0.6 is 11.3 Å². The van der Waals surface area contributed by atoms with Gasteiger partial charge in [0, 0.05) is 4.88 Å². The van der Waals surface area contributed by atoms with E-state index in [0.717, 1.165) is 28.8 Å². The molecule has 1 aromatic carbocycles. The zero-order valence-corrected chi connectivity index (χ0v) is 17.2. The minimum atomic E-state index is -0.395. The van der Waals surface area contributed by atoms with Gasteiger partial charge in [0.15, 0.2) is 0 Å². The monoisotopic (exact) mass is 407 g/mol. The Morgan fingerprint density at radius 1 is 1.38 bits per heavy atom. The molecule has 0 spiro atoms. The van der Waals surface area contributed by atoms with E-state index in [0.29, 0.717) is 41.2 Å². The van der Waals surface area contributed by atoms with Crippen LogP contribution in [0.2, 0.25) is 0 Å². The molecule has 0 bridgehead atoms. The number of fused-ring (bicyclic) bond motifs is 3. The summed E-state index contributed by atoms with van der Waals surface area (Å²) >= 11 is 1.52. The topological polar surface area (TPSA) is 85.0 Å². The Morgan fingerprint density at radius 2 is 2.14 bits per heavy atom. The number of aromatic nitrogens is 2. The Bertz CT molecular complexity index is 1190. The number of hydrogen-bond acceptors (Lipinski definition) is 6. The Morgan fingerprint density at radius 3 is 2.83 bits per heavy atom. The third-order valence-electron chi connectivity index (χ3n) is 5.36. The van der Waals surface area contributed by atoms with Gasteiger partial charge < -0.3 is 4.74 Å². The summed E-state index contributed by atoms with van der Waals surface area (Å²) in [5.74, 6) is -0.0158. The molecule has 2 heterocycles. The first-order chi connectivity index (χ1) is 14.0. The van der Waals surface area contributed by atoms with Gasteiger partial charge in [0.1, 0.15) is 10.7 Å². The number of esters is 1. The van der Waals surface area contributed by atoms with Crippen LogP contribution in [0, 0.1) is 18.3 Å². The molecule has 29 heavy (non-hydrogen) atoms. The molecule has 6 nitrogen and oxygen atoms in total. The lowest BCUT2D eigenvalue weighted by Gasteiger charge is -2.21. The predicted octanol–water partition coefficient (Wildman–Crippen LogP) is 3.67. The van der Waals surface area contributed by atoms with E-state index in [4.69, 9.17) is 10.00 Å². The molecule has 7 heteroatoms. The minimum absolute atomic E-state index is 0.120. The largest absolute Gasteiger partial charge is 0.466 e. The third-order valence-corrected chi connectivity index (χ3v) is 6.52. The van der Waals surface area contributed by atoms with Gasteiger partial charge in [0.05, 0.1) is 36.1 Å². The van der Waals surface area contributed by atoms with Crippen LogP contribution in [0.4, 0.5) is 0 Å². The van der Waals surface area contributed by atoms with Crippen molar-refractivity contribution in [3.8, 4) is 6.07 Å². The van der Waals surface area contributed by atoms with E-state index >= 15 is 0 Å². The fourth-order valence-corrected chi connectivity index (χ4v) is 5.26. The van der Waals surface area contributed by atoms with Gasteiger partial charge in [-0.2, -0.15) is 5.26 Å². The molecule has 0 aliphatic heterocycles. The minimum Gasteiger partial charge on any atom is -0.466 e. The van der Waals surface area contributed by atoms with Crippen LogP contribution in [-0.2, 0) is 22.5 Å². The first-order valence-electron chi connectivity index (χ1n) is 9.71. The zero-order valence-electron chi connectivity index (χ0n) is 16.4. The lowest BCUT2D eigenvalue weighted by Crippen LogP contribution is -2.27. The molecule has 0 fully saturated rings. The van der Waals surface area contributed by atoms with Crippen LogP contribution in [0.5, 0.6) is 0 Å². The molecule has 1 aliphatic rings. The van der Waals surface area contributed by atoms with Gasteiger partial charge in [0.2, 0.25) is 0 Å². The predicted molar refractivity (Wildman–Crippen MR) is 111 cm³/mol. The van der Waals surface area contributed by atoms with Crippen LogP contribution in [0.15, 0.2) is 29.1 Å². The van der Waals surface area contributed by atoms with E-state index in [1.54, 1.807) is 23.6 Å². The first-order valence-corrected chi connectivity index (χ1v) is 10.5. The van der Waals surface area contributed by atoms with Gasteiger partial charge in [-0.25, -0.2) is 4.98 Å². The number of ether oxygens (including phenoxy) is 1. The maximum Gasteiger partial charge on any atom is 0.313 e. The molecule has 1 aliphatic carbocycles. The number of nitriles is 1. The fourth-order valence-electron chi connectivity index (χ4n) is 3.95. The van der Waals surface area contributed by atoms with Gasteiger partial charge >= 0.3 is 5.97 Å². The van der Waals surface area contributed by atoms with Crippen LogP contribution in [0.3, 0.4) is 0 Å². The maximum atomic E-state index is 13.5. The summed E-state index contributed by atoms with van der Waals surface area (Å²) in [6.07, 6.45) is 2.46. The average Bonchev–Trinajstić information content (AvgIpc) is 3.10. The molecule has 1 atom stereocenters. The van der Waals surface area contributed by atoms with E-state index in [1.165, 1.54) is 11.3 Å². The van der Waals surface area contributed by atoms with Crippen molar-refractivity contribution >= 4 is 27.5 Å².